The van der Waals surface area contributed by atoms with E-state index in [1.807, 2.05) is 0 Å². The topological polar surface area (TPSA) is 146 Å². The summed E-state index contributed by atoms with van der Waals surface area (Å²) in [5.74, 6) is 1.15. The number of hydrogen-bond donors (Lipinski definition) is 6. The maximum absolute atomic E-state index is 10.1. The van der Waals surface area contributed by atoms with Gasteiger partial charge in [-0.25, -0.2) is 4.98 Å². The van der Waals surface area contributed by atoms with Crippen molar-refractivity contribution in [3.8, 4) is 0 Å². The molecule has 6 N–H and O–H groups in total. The molecule has 1 aromatic heterocycles. The lowest BCUT2D eigenvalue weighted by atomic mass is 10.0. The van der Waals surface area contributed by atoms with Crippen LogP contribution in [0.4, 0.5) is 5.82 Å². The second-order valence-electron chi connectivity index (χ2n) is 5.63. The molecule has 1 unspecified atom stereocenters. The molecule has 0 radical (unpaired) electrons. The molecule has 10 heteroatoms. The second kappa shape index (κ2) is 6.42. The highest BCUT2D eigenvalue weighted by atomic mass is 16.5. The van der Waals surface area contributed by atoms with Gasteiger partial charge in [-0.05, 0) is 0 Å². The van der Waals surface area contributed by atoms with Gasteiger partial charge in [0.1, 0.15) is 24.5 Å². The average Bonchev–Trinajstić information content (AvgIpc) is 2.99. The molecule has 0 aromatic carbocycles. The molecule has 10 nitrogen and oxygen atoms in total. The van der Waals surface area contributed by atoms with Gasteiger partial charge < -0.3 is 40.4 Å². The summed E-state index contributed by atoms with van der Waals surface area (Å²) in [6.45, 7) is -0.0760. The maximum atomic E-state index is 10.1. The van der Waals surface area contributed by atoms with Gasteiger partial charge in [0.15, 0.2) is 5.82 Å². The molecular formula is C13H21N5O5. The fourth-order valence-electron chi connectivity index (χ4n) is 2.88. The van der Waals surface area contributed by atoms with Crippen LogP contribution in [0, 0.1) is 0 Å². The number of aliphatic imine (C=N–C) groups is 1. The number of rotatable bonds is 2. The van der Waals surface area contributed by atoms with Crippen molar-refractivity contribution in [2.75, 3.05) is 19.0 Å². The second-order valence-corrected chi connectivity index (χ2v) is 5.63. The minimum Gasteiger partial charge on any atom is -0.394 e. The zero-order valence-electron chi connectivity index (χ0n) is 12.6. The standard InChI is InChI=1S/C13H21N5O5/c1-14-13-17-12-6(15-5-16-12)3-18(13)9-2-7(20)10(21)11(22)8(4-19)23-9/h5,7-11,19-22H,2-4H2,1H3,(H,14,17)(H,15,16)/t7-,8-,9?,10-,11-/m1/s1. The number of imidazole rings is 1. The van der Waals surface area contributed by atoms with Crippen molar-refractivity contribution >= 4 is 11.8 Å². The summed E-state index contributed by atoms with van der Waals surface area (Å²) in [6.07, 6.45) is -4.03. The molecule has 0 aliphatic carbocycles. The average molecular weight is 327 g/mol. The third-order valence-corrected chi connectivity index (χ3v) is 4.19. The van der Waals surface area contributed by atoms with Gasteiger partial charge in [0.2, 0.25) is 5.96 Å². The molecule has 1 fully saturated rings. The lowest BCUT2D eigenvalue weighted by Crippen LogP contribution is -2.49. The van der Waals surface area contributed by atoms with Crippen LogP contribution in [0.5, 0.6) is 0 Å². The van der Waals surface area contributed by atoms with Gasteiger partial charge in [-0.3, -0.25) is 4.99 Å². The number of H-pyrrole nitrogens is 1. The SMILES string of the molecule is CN=C1Nc2nc[nH]c2CN1C1C[C@@H](O)[C@@H](O)[C@H](O)[C@@H](CO)O1. The molecule has 5 atom stereocenters. The highest BCUT2D eigenvalue weighted by molar-refractivity contribution is 5.95. The van der Waals surface area contributed by atoms with E-state index in [0.29, 0.717) is 18.3 Å². The Kier molecular flexibility index (Phi) is 4.50. The number of fused-ring (bicyclic) bond motifs is 1. The van der Waals surface area contributed by atoms with E-state index >= 15 is 0 Å². The zero-order valence-corrected chi connectivity index (χ0v) is 12.6. The van der Waals surface area contributed by atoms with Crippen LogP contribution in [-0.2, 0) is 11.3 Å². The van der Waals surface area contributed by atoms with Crippen molar-refractivity contribution in [3.63, 3.8) is 0 Å². The molecule has 1 saturated heterocycles. The Morgan fingerprint density at radius 2 is 2.17 bits per heavy atom. The molecule has 1 aromatic rings. The van der Waals surface area contributed by atoms with Crippen LogP contribution in [0.1, 0.15) is 12.1 Å². The Balaban J connectivity index is 1.87. The van der Waals surface area contributed by atoms with Crippen molar-refractivity contribution in [2.24, 2.45) is 4.99 Å². The third kappa shape index (κ3) is 2.91. The predicted octanol–water partition coefficient (Wildman–Crippen LogP) is -2.19. The largest absolute Gasteiger partial charge is 0.394 e. The lowest BCUT2D eigenvalue weighted by molar-refractivity contribution is -0.139. The van der Waals surface area contributed by atoms with Crippen LogP contribution in [0.15, 0.2) is 11.3 Å². The maximum Gasteiger partial charge on any atom is 0.201 e. The molecule has 3 rings (SSSR count). The molecule has 0 spiro atoms. The number of guanidine groups is 1. The Hall–Kier alpha value is -1.72. The number of aromatic nitrogens is 2. The number of nitrogens with zero attached hydrogens (tertiary/aromatic N) is 3. The highest BCUT2D eigenvalue weighted by Crippen LogP contribution is 2.27. The van der Waals surface area contributed by atoms with Gasteiger partial charge in [-0.15, -0.1) is 0 Å². The molecule has 0 amide bonds. The highest BCUT2D eigenvalue weighted by Gasteiger charge is 2.42. The summed E-state index contributed by atoms with van der Waals surface area (Å²) >= 11 is 0. The summed E-state index contributed by atoms with van der Waals surface area (Å²) < 4.78 is 5.73. The normalized spacial score (nSPS) is 36.5. The number of hydrogen-bond acceptors (Lipinski definition) is 7. The van der Waals surface area contributed by atoms with E-state index < -0.39 is 37.3 Å². The van der Waals surface area contributed by atoms with Crippen LogP contribution in [-0.4, -0.2) is 85.6 Å². The van der Waals surface area contributed by atoms with E-state index in [1.54, 1.807) is 18.3 Å². The molecule has 128 valence electrons. The van der Waals surface area contributed by atoms with Crippen molar-refractivity contribution < 1.29 is 25.2 Å². The molecule has 2 aliphatic rings. The van der Waals surface area contributed by atoms with Crippen LogP contribution in [0.3, 0.4) is 0 Å². The monoisotopic (exact) mass is 327 g/mol. The Morgan fingerprint density at radius 3 is 2.87 bits per heavy atom. The van der Waals surface area contributed by atoms with Gasteiger partial charge in [0, 0.05) is 13.5 Å². The number of aliphatic hydroxyl groups excluding tert-OH is 4. The quantitative estimate of drug-likeness (QED) is 0.359. The Labute approximate surface area is 132 Å². The van der Waals surface area contributed by atoms with E-state index in [9.17, 15) is 20.4 Å². The number of aliphatic hydroxyl groups is 4. The molecule has 3 heterocycles. The first kappa shape index (κ1) is 16.1. The van der Waals surface area contributed by atoms with E-state index in [0.717, 1.165) is 5.69 Å². The molecule has 2 aliphatic heterocycles. The Morgan fingerprint density at radius 1 is 1.39 bits per heavy atom. The Bertz CT molecular complexity index is 579. The van der Waals surface area contributed by atoms with Gasteiger partial charge in [0.05, 0.1) is 31.3 Å². The number of anilines is 1. The van der Waals surface area contributed by atoms with E-state index in [4.69, 9.17) is 4.74 Å². The lowest BCUT2D eigenvalue weighted by Gasteiger charge is -2.37. The first-order chi connectivity index (χ1) is 11.0. The van der Waals surface area contributed by atoms with Crippen LogP contribution >= 0.6 is 0 Å². The van der Waals surface area contributed by atoms with E-state index in [-0.39, 0.29) is 6.42 Å². The van der Waals surface area contributed by atoms with Crippen LogP contribution < -0.4 is 5.32 Å². The van der Waals surface area contributed by atoms with Gasteiger partial charge in [-0.1, -0.05) is 0 Å². The molecule has 23 heavy (non-hydrogen) atoms. The van der Waals surface area contributed by atoms with E-state index in [2.05, 4.69) is 20.3 Å². The molecule has 0 bridgehead atoms. The van der Waals surface area contributed by atoms with Crippen molar-refractivity contribution in [3.05, 3.63) is 12.0 Å². The summed E-state index contributed by atoms with van der Waals surface area (Å²) in [5, 5.41) is 42.4. The summed E-state index contributed by atoms with van der Waals surface area (Å²) in [4.78, 5) is 13.0. The predicted molar refractivity (Wildman–Crippen MR) is 79.5 cm³/mol. The van der Waals surface area contributed by atoms with Crippen LogP contribution in [0.2, 0.25) is 0 Å². The number of ether oxygens (including phenoxy) is 1. The van der Waals surface area contributed by atoms with E-state index in [1.165, 1.54) is 0 Å². The number of aromatic amines is 1. The van der Waals surface area contributed by atoms with Gasteiger partial charge >= 0.3 is 0 Å². The van der Waals surface area contributed by atoms with Crippen molar-refractivity contribution in [1.29, 1.82) is 0 Å². The number of nitrogens with one attached hydrogen (secondary N) is 2. The summed E-state index contributed by atoms with van der Waals surface area (Å²) in [7, 11) is 1.60. The minimum absolute atomic E-state index is 0.0545. The molecule has 0 saturated carbocycles. The van der Waals surface area contributed by atoms with Gasteiger partial charge in [0.25, 0.3) is 0 Å². The fraction of sp³-hybridized carbons (Fsp3) is 0.692. The van der Waals surface area contributed by atoms with Crippen molar-refractivity contribution in [1.82, 2.24) is 14.9 Å². The summed E-state index contributed by atoms with van der Waals surface area (Å²) in [5.41, 5.74) is 0.821. The first-order valence-corrected chi connectivity index (χ1v) is 7.38. The van der Waals surface area contributed by atoms with Gasteiger partial charge in [-0.2, -0.15) is 0 Å². The van der Waals surface area contributed by atoms with Crippen LogP contribution in [0.25, 0.3) is 0 Å². The minimum atomic E-state index is -1.39. The summed E-state index contributed by atoms with van der Waals surface area (Å²) in [6, 6.07) is 0. The smallest absolute Gasteiger partial charge is 0.201 e. The first-order valence-electron chi connectivity index (χ1n) is 7.38. The molecular weight excluding hydrogens is 306 g/mol. The van der Waals surface area contributed by atoms with Crippen molar-refractivity contribution in [2.45, 2.75) is 43.6 Å². The third-order valence-electron chi connectivity index (χ3n) is 4.19. The fourth-order valence-corrected chi connectivity index (χ4v) is 2.88. The zero-order chi connectivity index (χ0) is 16.6.